The molecule has 0 spiro atoms. The van der Waals surface area contributed by atoms with E-state index in [0.29, 0.717) is 34.1 Å². The minimum Gasteiger partial charge on any atom is -0.454 e. The SMILES string of the molecule is Cc1c(-c2cc3ccc(-c4ccc(C(N)=O)c(F)c4)nc3n2CC2CC2)oc2cc(C(=O)N3C[C@H](F)C[C@@H](NC(=O)OC(C)(C)C)C3)ccc12. The monoisotopic (exact) mass is 683 g/mol. The first-order chi connectivity index (χ1) is 23.7. The van der Waals surface area contributed by atoms with E-state index < -0.39 is 35.6 Å². The second kappa shape index (κ2) is 12.6. The van der Waals surface area contributed by atoms with Crippen LogP contribution in [0.3, 0.4) is 0 Å². The Morgan fingerprint density at radius 1 is 1.06 bits per heavy atom. The predicted molar refractivity (Wildman–Crippen MR) is 185 cm³/mol. The average Bonchev–Trinajstić information content (AvgIpc) is 3.72. The molecule has 12 heteroatoms. The Morgan fingerprint density at radius 3 is 2.54 bits per heavy atom. The Hall–Kier alpha value is -5.26. The van der Waals surface area contributed by atoms with Crippen LogP contribution in [0.2, 0.25) is 0 Å². The van der Waals surface area contributed by atoms with Crippen LogP contribution in [0, 0.1) is 18.7 Å². The van der Waals surface area contributed by atoms with E-state index in [1.54, 1.807) is 39.0 Å². The first kappa shape index (κ1) is 33.2. The topological polar surface area (TPSA) is 133 Å². The second-order valence-corrected chi connectivity index (χ2v) is 14.4. The maximum atomic E-state index is 14.8. The third-order valence-corrected chi connectivity index (χ3v) is 9.24. The van der Waals surface area contributed by atoms with Crippen molar-refractivity contribution in [3.05, 3.63) is 77.1 Å². The third kappa shape index (κ3) is 6.66. The van der Waals surface area contributed by atoms with Crippen LogP contribution < -0.4 is 11.1 Å². The fourth-order valence-corrected chi connectivity index (χ4v) is 6.66. The maximum absolute atomic E-state index is 14.8. The molecule has 4 heterocycles. The third-order valence-electron chi connectivity index (χ3n) is 9.24. The smallest absolute Gasteiger partial charge is 0.407 e. The number of halogens is 2. The molecule has 1 aliphatic carbocycles. The van der Waals surface area contributed by atoms with Gasteiger partial charge in [-0.15, -0.1) is 0 Å². The molecule has 0 radical (unpaired) electrons. The highest BCUT2D eigenvalue weighted by Crippen LogP contribution is 2.40. The molecule has 2 aliphatic rings. The molecule has 2 atom stereocenters. The number of benzene rings is 2. The number of amides is 3. The minimum atomic E-state index is -1.30. The fourth-order valence-electron chi connectivity index (χ4n) is 6.66. The lowest BCUT2D eigenvalue weighted by Crippen LogP contribution is -2.54. The van der Waals surface area contributed by atoms with E-state index in [4.69, 9.17) is 19.9 Å². The van der Waals surface area contributed by atoms with Gasteiger partial charge in [0.1, 0.15) is 28.8 Å². The number of alkyl halides is 1. The normalized spacial score (nSPS) is 18.1. The van der Waals surface area contributed by atoms with Crippen LogP contribution in [0.25, 0.3) is 44.7 Å². The summed E-state index contributed by atoms with van der Waals surface area (Å²) in [5.41, 5.74) is 8.80. The standard InChI is InChI=1S/C38H39F2N5O5/c1-20-27-10-8-24(36(47)44-18-25(39)16-26(19-44)42-37(48)50-38(2,3)4)15-32(27)49-33(20)31-14-23-9-12-30(43-35(23)45(31)17-21-5-6-21)22-7-11-28(34(41)46)29(40)13-22/h7-15,21,25-26H,5-6,16-19H2,1-4H3,(H2,41,46)(H,42,48)/t25-,26-/m1/s1. The predicted octanol–water partition coefficient (Wildman–Crippen LogP) is 7.15. The Morgan fingerprint density at radius 2 is 1.84 bits per heavy atom. The molecule has 10 nitrogen and oxygen atoms in total. The summed E-state index contributed by atoms with van der Waals surface area (Å²) in [6.45, 7) is 8.01. The van der Waals surface area contributed by atoms with E-state index in [2.05, 4.69) is 9.88 Å². The molecule has 2 fully saturated rings. The van der Waals surface area contributed by atoms with E-state index in [9.17, 15) is 23.2 Å². The molecule has 0 unspecified atom stereocenters. The van der Waals surface area contributed by atoms with Gasteiger partial charge in [0.15, 0.2) is 5.76 Å². The number of nitrogens with two attached hydrogens (primary N) is 1. The summed E-state index contributed by atoms with van der Waals surface area (Å²) in [7, 11) is 0. The average molecular weight is 684 g/mol. The van der Waals surface area contributed by atoms with Crippen molar-refractivity contribution in [2.24, 2.45) is 11.7 Å². The molecule has 3 aromatic heterocycles. The molecule has 260 valence electrons. The van der Waals surface area contributed by atoms with Crippen molar-refractivity contribution in [1.29, 1.82) is 0 Å². The second-order valence-electron chi connectivity index (χ2n) is 14.4. The largest absolute Gasteiger partial charge is 0.454 e. The summed E-state index contributed by atoms with van der Waals surface area (Å²) in [5.74, 6) is -0.762. The van der Waals surface area contributed by atoms with Crippen molar-refractivity contribution in [1.82, 2.24) is 19.8 Å². The van der Waals surface area contributed by atoms with Crippen molar-refractivity contribution in [2.75, 3.05) is 13.1 Å². The van der Waals surface area contributed by atoms with E-state index in [1.807, 2.05) is 31.2 Å². The zero-order chi connectivity index (χ0) is 35.5. The van der Waals surface area contributed by atoms with Gasteiger partial charge in [-0.05, 0) is 88.9 Å². The lowest BCUT2D eigenvalue weighted by molar-refractivity contribution is 0.0394. The van der Waals surface area contributed by atoms with Gasteiger partial charge in [-0.2, -0.15) is 0 Å². The van der Waals surface area contributed by atoms with E-state index in [0.717, 1.165) is 47.1 Å². The number of primary amides is 1. The molecule has 1 saturated heterocycles. The summed E-state index contributed by atoms with van der Waals surface area (Å²) in [4.78, 5) is 43.9. The number of hydrogen-bond acceptors (Lipinski definition) is 6. The maximum Gasteiger partial charge on any atom is 0.407 e. The van der Waals surface area contributed by atoms with Crippen molar-refractivity contribution >= 4 is 39.9 Å². The zero-order valence-electron chi connectivity index (χ0n) is 28.4. The van der Waals surface area contributed by atoms with Crippen LogP contribution in [0.4, 0.5) is 13.6 Å². The Balaban J connectivity index is 1.19. The first-order valence-corrected chi connectivity index (χ1v) is 16.8. The van der Waals surface area contributed by atoms with Crippen LogP contribution in [-0.2, 0) is 11.3 Å². The highest BCUT2D eigenvalue weighted by molar-refractivity contribution is 5.99. The highest BCUT2D eigenvalue weighted by atomic mass is 19.1. The van der Waals surface area contributed by atoms with Gasteiger partial charge in [0.2, 0.25) is 0 Å². The van der Waals surface area contributed by atoms with Crippen LogP contribution in [0.5, 0.6) is 0 Å². The quantitative estimate of drug-likeness (QED) is 0.187. The number of rotatable bonds is 7. The van der Waals surface area contributed by atoms with Crippen LogP contribution >= 0.6 is 0 Å². The number of pyridine rings is 1. The Bertz CT molecular complexity index is 2160. The molecule has 2 aromatic carbocycles. The number of nitrogens with one attached hydrogen (secondary N) is 1. The number of carbonyl (C=O) groups is 3. The number of carbonyl (C=O) groups excluding carboxylic acids is 3. The number of aryl methyl sites for hydroxylation is 1. The lowest BCUT2D eigenvalue weighted by Gasteiger charge is -2.35. The first-order valence-electron chi connectivity index (χ1n) is 16.8. The number of piperidine rings is 1. The summed E-state index contributed by atoms with van der Waals surface area (Å²) >= 11 is 0. The van der Waals surface area contributed by atoms with Crippen molar-refractivity contribution in [3.63, 3.8) is 0 Å². The molecule has 7 rings (SSSR count). The summed E-state index contributed by atoms with van der Waals surface area (Å²) in [5, 5.41) is 4.42. The molecular formula is C38H39F2N5O5. The van der Waals surface area contributed by atoms with E-state index in [-0.39, 0.29) is 31.0 Å². The minimum absolute atomic E-state index is 0.0794. The molecule has 50 heavy (non-hydrogen) atoms. The highest BCUT2D eigenvalue weighted by Gasteiger charge is 2.33. The fraction of sp³-hybridized carbons (Fsp3) is 0.368. The van der Waals surface area contributed by atoms with E-state index >= 15 is 0 Å². The molecule has 5 aromatic rings. The summed E-state index contributed by atoms with van der Waals surface area (Å²) in [6, 6.07) is 14.7. The van der Waals surface area contributed by atoms with Gasteiger partial charge in [0.25, 0.3) is 11.8 Å². The zero-order valence-corrected chi connectivity index (χ0v) is 28.4. The van der Waals surface area contributed by atoms with Crippen molar-refractivity contribution in [3.8, 4) is 22.7 Å². The van der Waals surface area contributed by atoms with Gasteiger partial charge in [-0.3, -0.25) is 9.59 Å². The number of alkyl carbamates (subject to hydrolysis) is 1. The van der Waals surface area contributed by atoms with Gasteiger partial charge >= 0.3 is 6.09 Å². The Kier molecular flexibility index (Phi) is 8.36. The van der Waals surface area contributed by atoms with Crippen molar-refractivity contribution in [2.45, 2.75) is 71.3 Å². The Labute approximate surface area is 287 Å². The number of hydrogen-bond donors (Lipinski definition) is 2. The van der Waals surface area contributed by atoms with Crippen LogP contribution in [0.15, 0.2) is 59.0 Å². The summed E-state index contributed by atoms with van der Waals surface area (Å²) < 4.78 is 43.4. The van der Waals surface area contributed by atoms with Gasteiger partial charge in [-0.1, -0.05) is 12.1 Å². The molecule has 3 amide bonds. The van der Waals surface area contributed by atoms with Gasteiger partial charge in [-0.25, -0.2) is 18.6 Å². The van der Waals surface area contributed by atoms with Crippen LogP contribution in [0.1, 0.15) is 66.3 Å². The number of ether oxygens (including phenoxy) is 1. The van der Waals surface area contributed by atoms with E-state index in [1.165, 1.54) is 17.0 Å². The number of likely N-dealkylation sites (tertiary alicyclic amines) is 1. The lowest BCUT2D eigenvalue weighted by atomic mass is 10.0. The number of fused-ring (bicyclic) bond motifs is 2. The summed E-state index contributed by atoms with van der Waals surface area (Å²) in [6.07, 6.45) is 0.347. The van der Waals surface area contributed by atoms with Gasteiger partial charge in [0, 0.05) is 47.0 Å². The molecule has 0 bridgehead atoms. The molecule has 1 saturated carbocycles. The van der Waals surface area contributed by atoms with Gasteiger partial charge < -0.3 is 29.7 Å². The molecular weight excluding hydrogens is 644 g/mol. The number of nitrogens with zero attached hydrogens (tertiary/aromatic N) is 3. The number of aromatic nitrogens is 2. The van der Waals surface area contributed by atoms with Crippen LogP contribution in [-0.4, -0.2) is 63.3 Å². The molecule has 3 N–H and O–H groups in total. The molecule has 1 aliphatic heterocycles. The van der Waals surface area contributed by atoms with Crippen molar-refractivity contribution < 1.29 is 32.3 Å². The number of furan rings is 1. The van der Waals surface area contributed by atoms with Gasteiger partial charge in [0.05, 0.1) is 29.5 Å².